The van der Waals surface area contributed by atoms with E-state index in [1.807, 2.05) is 13.1 Å². The summed E-state index contributed by atoms with van der Waals surface area (Å²) in [4.78, 5) is 15.2. The van der Waals surface area contributed by atoms with Crippen LogP contribution in [0.2, 0.25) is 5.02 Å². The van der Waals surface area contributed by atoms with Crippen molar-refractivity contribution in [1.29, 1.82) is 0 Å². The van der Waals surface area contributed by atoms with Gasteiger partial charge in [-0.05, 0) is 31.3 Å². The van der Waals surface area contributed by atoms with Crippen LogP contribution in [0.3, 0.4) is 0 Å². The zero-order chi connectivity index (χ0) is 15.0. The molecule has 2 aromatic rings. The number of dihydropyridines is 1. The van der Waals surface area contributed by atoms with Crippen LogP contribution in [0.4, 0.5) is 0 Å². The highest BCUT2D eigenvalue weighted by molar-refractivity contribution is 6.31. The molecule has 0 spiro atoms. The summed E-state index contributed by atoms with van der Waals surface area (Å²) < 4.78 is 1.73. The average Bonchev–Trinajstić information content (AvgIpc) is 2.79. The molecule has 0 aliphatic carbocycles. The Bertz CT molecular complexity index is 780. The van der Waals surface area contributed by atoms with Gasteiger partial charge in [0.2, 0.25) is 0 Å². The third kappa shape index (κ3) is 2.75. The van der Waals surface area contributed by atoms with E-state index in [1.165, 1.54) is 6.08 Å². The number of halogens is 1. The van der Waals surface area contributed by atoms with Crippen LogP contribution in [0.25, 0.3) is 11.0 Å². The number of nitrogens with one attached hydrogen (secondary N) is 1. The highest BCUT2D eigenvalue weighted by Gasteiger charge is 2.26. The van der Waals surface area contributed by atoms with Crippen LogP contribution >= 0.6 is 11.6 Å². The number of carbonyl (C=O) groups is 1. The minimum absolute atomic E-state index is 0.258. The van der Waals surface area contributed by atoms with E-state index in [0.717, 1.165) is 5.39 Å². The van der Waals surface area contributed by atoms with Crippen LogP contribution in [-0.4, -0.2) is 31.4 Å². The van der Waals surface area contributed by atoms with E-state index >= 15 is 0 Å². The zero-order valence-corrected chi connectivity index (χ0v) is 12.0. The van der Waals surface area contributed by atoms with Crippen molar-refractivity contribution in [3.05, 3.63) is 47.4 Å². The number of aliphatic carboxylic acids is 1. The van der Waals surface area contributed by atoms with Crippen LogP contribution in [0.1, 0.15) is 6.92 Å². The maximum Gasteiger partial charge on any atom is 0.335 e. The van der Waals surface area contributed by atoms with E-state index in [1.54, 1.807) is 29.2 Å². The monoisotopic (exact) mass is 304 g/mol. The molecule has 1 aliphatic rings. The quantitative estimate of drug-likeness (QED) is 0.906. The van der Waals surface area contributed by atoms with Gasteiger partial charge in [-0.1, -0.05) is 11.6 Å². The number of pyridine rings is 1. The van der Waals surface area contributed by atoms with Crippen LogP contribution in [0.15, 0.2) is 42.4 Å². The molecule has 2 aromatic heterocycles. The standard InChI is InChI=1S/C14H13ClN4O2/c1-14(5-9(13(20)21)2-3-17-14)8-19-7-10-4-11(15)6-16-12(10)18-19/h2-7,17H,8H2,1H3,(H,20,21). The summed E-state index contributed by atoms with van der Waals surface area (Å²) in [6.45, 7) is 2.38. The Morgan fingerprint density at radius 2 is 2.38 bits per heavy atom. The van der Waals surface area contributed by atoms with Crippen LogP contribution in [0.5, 0.6) is 0 Å². The van der Waals surface area contributed by atoms with Gasteiger partial charge < -0.3 is 10.4 Å². The maximum absolute atomic E-state index is 11.1. The minimum Gasteiger partial charge on any atom is -0.478 e. The number of hydrogen-bond donors (Lipinski definition) is 2. The van der Waals surface area contributed by atoms with E-state index in [9.17, 15) is 4.79 Å². The Morgan fingerprint density at radius 1 is 1.57 bits per heavy atom. The van der Waals surface area contributed by atoms with Crippen molar-refractivity contribution >= 4 is 28.6 Å². The van der Waals surface area contributed by atoms with E-state index in [4.69, 9.17) is 16.7 Å². The van der Waals surface area contributed by atoms with E-state index < -0.39 is 11.5 Å². The third-order valence-electron chi connectivity index (χ3n) is 3.26. The molecule has 0 amide bonds. The first kappa shape index (κ1) is 13.6. The fourth-order valence-electron chi connectivity index (χ4n) is 2.33. The Balaban J connectivity index is 1.90. The van der Waals surface area contributed by atoms with Crippen molar-refractivity contribution in [2.75, 3.05) is 0 Å². The van der Waals surface area contributed by atoms with Gasteiger partial charge in [0.25, 0.3) is 0 Å². The molecule has 0 aromatic carbocycles. The van der Waals surface area contributed by atoms with Gasteiger partial charge in [0, 0.05) is 17.8 Å². The summed E-state index contributed by atoms with van der Waals surface area (Å²) in [5, 5.41) is 18.0. The summed E-state index contributed by atoms with van der Waals surface area (Å²) in [6.07, 6.45) is 8.25. The number of nitrogens with zero attached hydrogens (tertiary/aromatic N) is 3. The third-order valence-corrected chi connectivity index (χ3v) is 3.47. The molecule has 0 saturated carbocycles. The van der Waals surface area contributed by atoms with Gasteiger partial charge in [-0.15, -0.1) is 0 Å². The molecule has 3 heterocycles. The highest BCUT2D eigenvalue weighted by atomic mass is 35.5. The summed E-state index contributed by atoms with van der Waals surface area (Å²) in [5.74, 6) is -0.946. The second-order valence-corrected chi connectivity index (χ2v) is 5.63. The Labute approximate surface area is 125 Å². The van der Waals surface area contributed by atoms with Gasteiger partial charge in [0.05, 0.1) is 22.7 Å². The number of carboxylic acid groups (broad SMARTS) is 1. The first-order chi connectivity index (χ1) is 9.95. The molecular weight excluding hydrogens is 292 g/mol. The number of rotatable bonds is 3. The second-order valence-electron chi connectivity index (χ2n) is 5.19. The second kappa shape index (κ2) is 4.89. The summed E-state index contributed by atoms with van der Waals surface area (Å²) in [5.41, 5.74) is 0.333. The number of hydrogen-bond acceptors (Lipinski definition) is 4. The lowest BCUT2D eigenvalue weighted by molar-refractivity contribution is -0.132. The Kier molecular flexibility index (Phi) is 3.17. The Hall–Kier alpha value is -2.34. The molecule has 3 rings (SSSR count). The van der Waals surface area contributed by atoms with Gasteiger partial charge in [-0.25, -0.2) is 9.78 Å². The summed E-state index contributed by atoms with van der Waals surface area (Å²) in [7, 11) is 0. The molecule has 108 valence electrons. The molecular formula is C14H13ClN4O2. The van der Waals surface area contributed by atoms with Crippen molar-refractivity contribution in [1.82, 2.24) is 20.1 Å². The van der Waals surface area contributed by atoms with Crippen molar-refractivity contribution in [3.63, 3.8) is 0 Å². The highest BCUT2D eigenvalue weighted by Crippen LogP contribution is 2.20. The number of aromatic nitrogens is 3. The summed E-state index contributed by atoms with van der Waals surface area (Å²) in [6, 6.07) is 1.79. The zero-order valence-electron chi connectivity index (χ0n) is 11.2. The van der Waals surface area contributed by atoms with Crippen molar-refractivity contribution < 1.29 is 9.90 Å². The van der Waals surface area contributed by atoms with E-state index in [0.29, 0.717) is 17.2 Å². The van der Waals surface area contributed by atoms with Crippen molar-refractivity contribution in [3.8, 4) is 0 Å². The maximum atomic E-state index is 11.1. The first-order valence-corrected chi connectivity index (χ1v) is 6.72. The van der Waals surface area contributed by atoms with Crippen molar-refractivity contribution in [2.24, 2.45) is 0 Å². The first-order valence-electron chi connectivity index (χ1n) is 6.34. The van der Waals surface area contributed by atoms with E-state index in [-0.39, 0.29) is 5.57 Å². The fourth-order valence-corrected chi connectivity index (χ4v) is 2.50. The largest absolute Gasteiger partial charge is 0.478 e. The molecule has 1 atom stereocenters. The predicted octanol–water partition coefficient (Wildman–Crippen LogP) is 1.97. The Morgan fingerprint density at radius 3 is 3.14 bits per heavy atom. The molecule has 0 fully saturated rings. The molecule has 2 N–H and O–H groups in total. The SMILES string of the molecule is CC1(Cn2cc3cc(Cl)cnc3n2)C=C(C(=O)O)C=CN1. The normalized spacial score (nSPS) is 21.1. The number of fused-ring (bicyclic) bond motifs is 1. The average molecular weight is 305 g/mol. The topological polar surface area (TPSA) is 80.0 Å². The van der Waals surface area contributed by atoms with Gasteiger partial charge in [-0.2, -0.15) is 5.10 Å². The number of carboxylic acids is 1. The molecule has 1 aliphatic heterocycles. The molecule has 1 unspecified atom stereocenters. The van der Waals surface area contributed by atoms with Crippen LogP contribution in [0, 0.1) is 0 Å². The lowest BCUT2D eigenvalue weighted by atomic mass is 9.96. The predicted molar refractivity (Wildman–Crippen MR) is 78.9 cm³/mol. The van der Waals surface area contributed by atoms with Gasteiger partial charge in [-0.3, -0.25) is 4.68 Å². The lowest BCUT2D eigenvalue weighted by Gasteiger charge is -2.29. The van der Waals surface area contributed by atoms with Crippen LogP contribution < -0.4 is 5.32 Å². The van der Waals surface area contributed by atoms with Gasteiger partial charge in [0.1, 0.15) is 0 Å². The molecule has 7 heteroatoms. The smallest absolute Gasteiger partial charge is 0.335 e. The lowest BCUT2D eigenvalue weighted by Crippen LogP contribution is -2.43. The molecule has 6 nitrogen and oxygen atoms in total. The van der Waals surface area contributed by atoms with Gasteiger partial charge >= 0.3 is 5.97 Å². The molecule has 0 saturated heterocycles. The molecule has 0 bridgehead atoms. The molecule has 21 heavy (non-hydrogen) atoms. The van der Waals surface area contributed by atoms with E-state index in [2.05, 4.69) is 15.4 Å². The van der Waals surface area contributed by atoms with Crippen LogP contribution in [-0.2, 0) is 11.3 Å². The molecule has 0 radical (unpaired) electrons. The van der Waals surface area contributed by atoms with Crippen molar-refractivity contribution in [2.45, 2.75) is 19.0 Å². The summed E-state index contributed by atoms with van der Waals surface area (Å²) >= 11 is 5.91. The fraction of sp³-hybridized carbons (Fsp3) is 0.214. The van der Waals surface area contributed by atoms with Gasteiger partial charge in [0.15, 0.2) is 5.65 Å². The minimum atomic E-state index is -0.946.